The molecule has 0 amide bonds. The highest BCUT2D eigenvalue weighted by Crippen LogP contribution is 2.15. The van der Waals surface area contributed by atoms with E-state index < -0.39 is 5.97 Å². The molecule has 0 saturated carbocycles. The van der Waals surface area contributed by atoms with Crippen LogP contribution < -0.4 is 0 Å². The van der Waals surface area contributed by atoms with Crippen LogP contribution in [0.2, 0.25) is 0 Å². The second-order valence-electron chi connectivity index (χ2n) is 4.54. The van der Waals surface area contributed by atoms with Crippen molar-refractivity contribution in [1.82, 2.24) is 20.0 Å². The first-order valence-electron chi connectivity index (χ1n) is 7.05. The second kappa shape index (κ2) is 6.97. The molecule has 0 radical (unpaired) electrons. The number of aromatic nitrogens is 4. The Labute approximate surface area is 137 Å². The Morgan fingerprint density at radius 3 is 2.78 bits per heavy atom. The minimum absolute atomic E-state index is 0.264. The number of hydrogen-bond acceptors (Lipinski definition) is 6. The number of benzene rings is 1. The zero-order valence-corrected chi connectivity index (χ0v) is 13.2. The van der Waals surface area contributed by atoms with Crippen LogP contribution in [0.25, 0.3) is 17.8 Å². The fourth-order valence-corrected chi connectivity index (χ4v) is 2.54. The molecule has 3 aromatic rings. The van der Waals surface area contributed by atoms with Crippen molar-refractivity contribution in [2.75, 3.05) is 6.61 Å². The van der Waals surface area contributed by atoms with Gasteiger partial charge in [0.2, 0.25) is 5.01 Å². The monoisotopic (exact) mass is 326 g/mol. The molecule has 0 aliphatic rings. The maximum absolute atomic E-state index is 11.5. The second-order valence-corrected chi connectivity index (χ2v) is 5.55. The summed E-state index contributed by atoms with van der Waals surface area (Å²) in [5.74, 6) is -0.437. The first-order chi connectivity index (χ1) is 11.3. The SMILES string of the molecule is CCOC(=O)c1nnc(/C=C/c2ccc(-n3cccn3)cc2)s1. The summed E-state index contributed by atoms with van der Waals surface area (Å²) in [6.07, 6.45) is 7.37. The normalized spacial score (nSPS) is 11.0. The summed E-state index contributed by atoms with van der Waals surface area (Å²) >= 11 is 1.20. The summed E-state index contributed by atoms with van der Waals surface area (Å²) in [5.41, 5.74) is 2.02. The van der Waals surface area contributed by atoms with Gasteiger partial charge in [-0.15, -0.1) is 10.2 Å². The van der Waals surface area contributed by atoms with E-state index >= 15 is 0 Å². The van der Waals surface area contributed by atoms with Crippen LogP contribution in [0.15, 0.2) is 42.7 Å². The Bertz CT molecular complexity index is 807. The van der Waals surface area contributed by atoms with Crippen molar-refractivity contribution in [1.29, 1.82) is 0 Å². The molecule has 0 saturated heterocycles. The van der Waals surface area contributed by atoms with Crippen LogP contribution in [0.1, 0.15) is 27.3 Å². The molecule has 0 N–H and O–H groups in total. The summed E-state index contributed by atoms with van der Waals surface area (Å²) in [5, 5.41) is 12.9. The van der Waals surface area contributed by atoms with E-state index in [9.17, 15) is 4.79 Å². The van der Waals surface area contributed by atoms with Gasteiger partial charge in [-0.2, -0.15) is 5.10 Å². The van der Waals surface area contributed by atoms with Gasteiger partial charge in [0.25, 0.3) is 0 Å². The third-order valence-electron chi connectivity index (χ3n) is 2.97. The first kappa shape index (κ1) is 15.1. The van der Waals surface area contributed by atoms with Crippen molar-refractivity contribution in [2.24, 2.45) is 0 Å². The summed E-state index contributed by atoms with van der Waals surface area (Å²) < 4.78 is 6.68. The van der Waals surface area contributed by atoms with Crippen LogP contribution in [0.3, 0.4) is 0 Å². The molecule has 6 nitrogen and oxygen atoms in total. The Hall–Kier alpha value is -2.80. The highest BCUT2D eigenvalue weighted by atomic mass is 32.1. The molecule has 0 aliphatic carbocycles. The fourth-order valence-electron chi connectivity index (χ4n) is 1.90. The lowest BCUT2D eigenvalue weighted by molar-refractivity contribution is 0.0525. The van der Waals surface area contributed by atoms with E-state index in [1.165, 1.54) is 11.3 Å². The number of rotatable bonds is 5. The number of nitrogens with zero attached hydrogens (tertiary/aromatic N) is 4. The largest absolute Gasteiger partial charge is 0.461 e. The van der Waals surface area contributed by atoms with Gasteiger partial charge in [0.05, 0.1) is 12.3 Å². The van der Waals surface area contributed by atoms with Crippen LogP contribution in [-0.4, -0.2) is 32.6 Å². The Morgan fingerprint density at radius 1 is 1.26 bits per heavy atom. The molecule has 0 spiro atoms. The molecule has 7 heteroatoms. The van der Waals surface area contributed by atoms with Gasteiger partial charge in [-0.3, -0.25) is 0 Å². The summed E-state index contributed by atoms with van der Waals surface area (Å²) in [6, 6.07) is 9.82. The minimum atomic E-state index is -0.437. The quantitative estimate of drug-likeness (QED) is 0.674. The molecule has 23 heavy (non-hydrogen) atoms. The van der Waals surface area contributed by atoms with Crippen molar-refractivity contribution in [3.05, 3.63) is 58.3 Å². The van der Waals surface area contributed by atoms with Crippen LogP contribution in [0.4, 0.5) is 0 Å². The molecule has 0 unspecified atom stereocenters. The lowest BCUT2D eigenvalue weighted by Crippen LogP contribution is -2.03. The molecule has 116 valence electrons. The number of ether oxygens (including phenoxy) is 1. The Balaban J connectivity index is 1.69. The van der Waals surface area contributed by atoms with Gasteiger partial charge in [0.1, 0.15) is 5.01 Å². The Kier molecular flexibility index (Phi) is 4.58. The standard InChI is InChI=1S/C16H14N4O2S/c1-2-22-16(21)15-19-18-14(23-15)9-6-12-4-7-13(8-5-12)20-11-3-10-17-20/h3-11H,2H2,1H3/b9-6+. The van der Waals surface area contributed by atoms with Gasteiger partial charge in [-0.25, -0.2) is 9.48 Å². The van der Waals surface area contributed by atoms with Crippen LogP contribution >= 0.6 is 11.3 Å². The predicted octanol–water partition coefficient (Wildman–Crippen LogP) is 3.07. The van der Waals surface area contributed by atoms with Crippen LogP contribution in [0.5, 0.6) is 0 Å². The number of hydrogen-bond donors (Lipinski definition) is 0. The zero-order chi connectivity index (χ0) is 16.1. The highest BCUT2D eigenvalue weighted by molar-refractivity contribution is 7.14. The molecule has 0 fully saturated rings. The van der Waals surface area contributed by atoms with E-state index in [0.717, 1.165) is 11.3 Å². The van der Waals surface area contributed by atoms with Crippen molar-refractivity contribution >= 4 is 29.5 Å². The van der Waals surface area contributed by atoms with Gasteiger partial charge in [0.15, 0.2) is 0 Å². The molecule has 2 aromatic heterocycles. The first-order valence-corrected chi connectivity index (χ1v) is 7.86. The highest BCUT2D eigenvalue weighted by Gasteiger charge is 2.12. The average molecular weight is 326 g/mol. The van der Waals surface area contributed by atoms with Gasteiger partial charge in [-0.05, 0) is 36.8 Å². The number of carbonyl (C=O) groups is 1. The third kappa shape index (κ3) is 3.70. The van der Waals surface area contributed by atoms with Crippen molar-refractivity contribution in [2.45, 2.75) is 6.92 Å². The van der Waals surface area contributed by atoms with E-state index in [-0.39, 0.29) is 5.01 Å². The molecule has 0 bridgehead atoms. The third-order valence-corrected chi connectivity index (χ3v) is 3.84. The number of esters is 1. The molecule has 0 atom stereocenters. The summed E-state index contributed by atoms with van der Waals surface area (Å²) in [7, 11) is 0. The molecular formula is C16H14N4O2S. The van der Waals surface area contributed by atoms with Gasteiger partial charge in [0, 0.05) is 12.4 Å². The van der Waals surface area contributed by atoms with Crippen molar-refractivity contribution in [3.8, 4) is 5.69 Å². The molecular weight excluding hydrogens is 312 g/mol. The molecule has 2 heterocycles. The van der Waals surface area contributed by atoms with E-state index in [2.05, 4.69) is 15.3 Å². The van der Waals surface area contributed by atoms with E-state index in [0.29, 0.717) is 11.6 Å². The van der Waals surface area contributed by atoms with Crippen LogP contribution in [-0.2, 0) is 4.74 Å². The smallest absolute Gasteiger partial charge is 0.369 e. The topological polar surface area (TPSA) is 69.9 Å². The van der Waals surface area contributed by atoms with E-state index in [1.807, 2.05) is 48.7 Å². The lowest BCUT2D eigenvalue weighted by atomic mass is 10.2. The Morgan fingerprint density at radius 2 is 2.09 bits per heavy atom. The predicted molar refractivity (Wildman–Crippen MR) is 88.4 cm³/mol. The summed E-state index contributed by atoms with van der Waals surface area (Å²) in [4.78, 5) is 11.5. The molecule has 1 aromatic carbocycles. The maximum Gasteiger partial charge on any atom is 0.369 e. The lowest BCUT2D eigenvalue weighted by Gasteiger charge is -2.01. The van der Waals surface area contributed by atoms with Crippen molar-refractivity contribution < 1.29 is 9.53 Å². The van der Waals surface area contributed by atoms with E-state index in [1.54, 1.807) is 17.8 Å². The van der Waals surface area contributed by atoms with E-state index in [4.69, 9.17) is 4.74 Å². The van der Waals surface area contributed by atoms with Crippen LogP contribution in [0, 0.1) is 0 Å². The van der Waals surface area contributed by atoms with Crippen molar-refractivity contribution in [3.63, 3.8) is 0 Å². The van der Waals surface area contributed by atoms with Gasteiger partial charge < -0.3 is 4.74 Å². The molecule has 0 aliphatic heterocycles. The fraction of sp³-hybridized carbons (Fsp3) is 0.125. The zero-order valence-electron chi connectivity index (χ0n) is 12.4. The summed E-state index contributed by atoms with van der Waals surface area (Å²) in [6.45, 7) is 2.08. The molecule has 3 rings (SSSR count). The van der Waals surface area contributed by atoms with Gasteiger partial charge in [-0.1, -0.05) is 29.5 Å². The van der Waals surface area contributed by atoms with Gasteiger partial charge >= 0.3 is 5.97 Å². The number of carbonyl (C=O) groups excluding carboxylic acids is 1. The average Bonchev–Trinajstić information content (AvgIpc) is 3.25. The minimum Gasteiger partial charge on any atom is -0.461 e. The maximum atomic E-state index is 11.5.